The van der Waals surface area contributed by atoms with Gasteiger partial charge in [-0.1, -0.05) is 11.6 Å². The highest BCUT2D eigenvalue weighted by molar-refractivity contribution is 14.0. The summed E-state index contributed by atoms with van der Waals surface area (Å²) in [5.74, 6) is 1.55. The number of amides is 1. The summed E-state index contributed by atoms with van der Waals surface area (Å²) in [6, 6.07) is 3.93. The maximum absolute atomic E-state index is 11.7. The van der Waals surface area contributed by atoms with Crippen LogP contribution in [0.15, 0.2) is 23.3 Å². The second-order valence-electron chi connectivity index (χ2n) is 7.57. The average Bonchev–Trinajstić information content (AvgIpc) is 3.06. The molecule has 1 aromatic rings. The maximum Gasteiger partial charge on any atom is 0.407 e. The van der Waals surface area contributed by atoms with Crippen LogP contribution in [0.5, 0.6) is 0 Å². The molecule has 1 saturated heterocycles. The lowest BCUT2D eigenvalue weighted by Gasteiger charge is -2.20. The van der Waals surface area contributed by atoms with Gasteiger partial charge in [0.15, 0.2) is 5.96 Å². The SMILES string of the molecule is CCNC(=NCCNC(=O)OC(C)(C)C)NC1CCN(c2ncccc2Cl)C1.I. The van der Waals surface area contributed by atoms with Gasteiger partial charge in [0.1, 0.15) is 11.4 Å². The van der Waals surface area contributed by atoms with Gasteiger partial charge in [0.05, 0.1) is 11.6 Å². The first kappa shape index (κ1) is 25.5. The summed E-state index contributed by atoms with van der Waals surface area (Å²) in [7, 11) is 0. The number of ether oxygens (including phenoxy) is 1. The van der Waals surface area contributed by atoms with Crippen LogP contribution < -0.4 is 20.9 Å². The first-order valence-corrected chi connectivity index (χ1v) is 10.0. The first-order valence-electron chi connectivity index (χ1n) is 9.65. The van der Waals surface area contributed by atoms with Crippen LogP contribution in [0.2, 0.25) is 5.02 Å². The molecular formula is C19H32ClIN6O2. The average molecular weight is 539 g/mol. The van der Waals surface area contributed by atoms with Crippen LogP contribution in [-0.4, -0.2) is 61.4 Å². The standard InChI is InChI=1S/C19H31ClN6O2.HI/c1-5-21-17(23-10-11-24-18(27)28-19(2,3)4)25-14-8-12-26(13-14)16-15(20)7-6-9-22-16;/h6-7,9,14H,5,8,10-13H2,1-4H3,(H,24,27)(H2,21,23,25);1H. The van der Waals surface area contributed by atoms with Gasteiger partial charge in [-0.2, -0.15) is 0 Å². The van der Waals surface area contributed by atoms with E-state index in [1.165, 1.54) is 0 Å². The Morgan fingerprint density at radius 2 is 2.17 bits per heavy atom. The highest BCUT2D eigenvalue weighted by atomic mass is 127. The normalized spacial score (nSPS) is 16.8. The third-order valence-electron chi connectivity index (χ3n) is 3.96. The van der Waals surface area contributed by atoms with E-state index in [9.17, 15) is 4.79 Å². The molecule has 1 aliphatic heterocycles. The highest BCUT2D eigenvalue weighted by Gasteiger charge is 2.25. The number of halogens is 2. The maximum atomic E-state index is 11.7. The summed E-state index contributed by atoms with van der Waals surface area (Å²) in [6.07, 6.45) is 2.29. The van der Waals surface area contributed by atoms with Crippen molar-refractivity contribution in [3.05, 3.63) is 23.4 Å². The van der Waals surface area contributed by atoms with Crippen molar-refractivity contribution in [1.82, 2.24) is 20.9 Å². The number of nitrogens with zero attached hydrogens (tertiary/aromatic N) is 3. The molecule has 3 N–H and O–H groups in total. The third-order valence-corrected chi connectivity index (χ3v) is 4.26. The van der Waals surface area contributed by atoms with Gasteiger partial charge in [-0.3, -0.25) is 4.99 Å². The molecule has 2 heterocycles. The predicted molar refractivity (Wildman–Crippen MR) is 129 cm³/mol. The minimum Gasteiger partial charge on any atom is -0.444 e. The van der Waals surface area contributed by atoms with Crippen molar-refractivity contribution in [2.75, 3.05) is 37.6 Å². The molecule has 0 saturated carbocycles. The zero-order chi connectivity index (χ0) is 20.6. The number of pyridine rings is 1. The number of anilines is 1. The lowest BCUT2D eigenvalue weighted by Crippen LogP contribution is -2.45. The van der Waals surface area contributed by atoms with Crippen LogP contribution in [0.1, 0.15) is 34.1 Å². The topological polar surface area (TPSA) is 90.9 Å². The fraction of sp³-hybridized carbons (Fsp3) is 0.632. The number of rotatable bonds is 6. The smallest absolute Gasteiger partial charge is 0.407 e. The van der Waals surface area contributed by atoms with Crippen molar-refractivity contribution in [3.8, 4) is 0 Å². The van der Waals surface area contributed by atoms with Crippen LogP contribution in [0.3, 0.4) is 0 Å². The Bertz CT molecular complexity index is 683. The number of guanidine groups is 1. The summed E-state index contributed by atoms with van der Waals surface area (Å²) in [5.41, 5.74) is -0.505. The Morgan fingerprint density at radius 3 is 2.83 bits per heavy atom. The minimum atomic E-state index is -0.505. The van der Waals surface area contributed by atoms with Crippen LogP contribution in [-0.2, 0) is 4.74 Å². The molecule has 0 radical (unpaired) electrons. The fourth-order valence-corrected chi connectivity index (χ4v) is 3.07. The number of aliphatic imine (C=N–C) groups is 1. The number of carbonyl (C=O) groups is 1. The van der Waals surface area contributed by atoms with Crippen LogP contribution in [0.25, 0.3) is 0 Å². The molecule has 0 aliphatic carbocycles. The van der Waals surface area contributed by atoms with E-state index in [1.54, 1.807) is 6.20 Å². The van der Waals surface area contributed by atoms with Crippen molar-refractivity contribution in [3.63, 3.8) is 0 Å². The zero-order valence-electron chi connectivity index (χ0n) is 17.5. The molecule has 29 heavy (non-hydrogen) atoms. The zero-order valence-corrected chi connectivity index (χ0v) is 20.6. The van der Waals surface area contributed by atoms with Gasteiger partial charge < -0.3 is 25.6 Å². The van der Waals surface area contributed by atoms with Gasteiger partial charge in [-0.05, 0) is 46.2 Å². The number of carbonyl (C=O) groups excluding carboxylic acids is 1. The molecule has 1 unspecified atom stereocenters. The van der Waals surface area contributed by atoms with E-state index in [1.807, 2.05) is 39.8 Å². The van der Waals surface area contributed by atoms with Crippen molar-refractivity contribution < 1.29 is 9.53 Å². The Balaban J connectivity index is 0.00000420. The molecular weight excluding hydrogens is 507 g/mol. The van der Waals surface area contributed by atoms with Crippen molar-refractivity contribution in [1.29, 1.82) is 0 Å². The first-order chi connectivity index (χ1) is 13.3. The molecule has 1 atom stereocenters. The van der Waals surface area contributed by atoms with Gasteiger partial charge in [0.25, 0.3) is 0 Å². The van der Waals surface area contributed by atoms with Crippen molar-refractivity contribution in [2.45, 2.75) is 45.8 Å². The third kappa shape index (κ3) is 9.24. The second kappa shape index (κ2) is 12.3. The molecule has 8 nitrogen and oxygen atoms in total. The Morgan fingerprint density at radius 1 is 1.41 bits per heavy atom. The quantitative estimate of drug-likeness (QED) is 0.223. The van der Waals surface area contributed by atoms with Crippen molar-refractivity contribution in [2.24, 2.45) is 4.99 Å². The second-order valence-corrected chi connectivity index (χ2v) is 7.98. The molecule has 1 aliphatic rings. The van der Waals surface area contributed by atoms with E-state index in [2.05, 4.69) is 30.8 Å². The highest BCUT2D eigenvalue weighted by Crippen LogP contribution is 2.25. The summed E-state index contributed by atoms with van der Waals surface area (Å²) in [6.45, 7) is 10.8. The van der Waals surface area contributed by atoms with E-state index in [-0.39, 0.29) is 30.0 Å². The lowest BCUT2D eigenvalue weighted by molar-refractivity contribution is 0.0529. The number of aromatic nitrogens is 1. The van der Waals surface area contributed by atoms with E-state index >= 15 is 0 Å². The Hall–Kier alpha value is -1.49. The van der Waals surface area contributed by atoms with E-state index in [0.717, 1.165) is 37.8 Å². The van der Waals surface area contributed by atoms with E-state index < -0.39 is 11.7 Å². The molecule has 164 valence electrons. The van der Waals surface area contributed by atoms with Crippen molar-refractivity contribution >= 4 is 53.4 Å². The van der Waals surface area contributed by atoms with Gasteiger partial charge >= 0.3 is 6.09 Å². The Kier molecular flexibility index (Phi) is 10.8. The molecule has 1 amide bonds. The summed E-state index contributed by atoms with van der Waals surface area (Å²) in [5, 5.41) is 10.1. The van der Waals surface area contributed by atoms with E-state index in [4.69, 9.17) is 16.3 Å². The number of hydrogen-bond donors (Lipinski definition) is 3. The lowest BCUT2D eigenvalue weighted by atomic mass is 10.2. The molecule has 0 aromatic carbocycles. The van der Waals surface area contributed by atoms with Crippen LogP contribution in [0.4, 0.5) is 10.6 Å². The van der Waals surface area contributed by atoms with E-state index in [0.29, 0.717) is 18.1 Å². The summed E-state index contributed by atoms with van der Waals surface area (Å²) < 4.78 is 5.21. The monoisotopic (exact) mass is 538 g/mol. The van der Waals surface area contributed by atoms with Gasteiger partial charge in [0.2, 0.25) is 0 Å². The fourth-order valence-electron chi connectivity index (χ4n) is 2.83. The Labute approximate surface area is 195 Å². The van der Waals surface area contributed by atoms with Gasteiger partial charge in [-0.25, -0.2) is 9.78 Å². The van der Waals surface area contributed by atoms with Crippen LogP contribution in [0, 0.1) is 0 Å². The molecule has 0 bridgehead atoms. The number of hydrogen-bond acceptors (Lipinski definition) is 5. The largest absolute Gasteiger partial charge is 0.444 e. The minimum absolute atomic E-state index is 0. The predicted octanol–water partition coefficient (Wildman–Crippen LogP) is 3.01. The molecule has 0 spiro atoms. The molecule has 1 fully saturated rings. The molecule has 1 aromatic heterocycles. The summed E-state index contributed by atoms with van der Waals surface area (Å²) >= 11 is 6.25. The number of nitrogens with one attached hydrogen (secondary N) is 3. The number of alkyl carbamates (subject to hydrolysis) is 1. The summed E-state index contributed by atoms with van der Waals surface area (Å²) in [4.78, 5) is 22.8. The van der Waals surface area contributed by atoms with Gasteiger partial charge in [0, 0.05) is 38.4 Å². The molecule has 2 rings (SSSR count). The van der Waals surface area contributed by atoms with Gasteiger partial charge in [-0.15, -0.1) is 24.0 Å². The molecule has 10 heteroatoms. The van der Waals surface area contributed by atoms with Crippen LogP contribution >= 0.6 is 35.6 Å².